The summed E-state index contributed by atoms with van der Waals surface area (Å²) in [5.41, 5.74) is 6.08. The Morgan fingerprint density at radius 1 is 1.12 bits per heavy atom. The van der Waals surface area contributed by atoms with Crippen LogP contribution >= 0.6 is 0 Å². The molecule has 1 N–H and O–H groups in total. The lowest BCUT2D eigenvalue weighted by Crippen LogP contribution is -2.08. The summed E-state index contributed by atoms with van der Waals surface area (Å²) in [5, 5.41) is 18.0. The molecule has 4 nitrogen and oxygen atoms in total. The van der Waals surface area contributed by atoms with E-state index in [-0.39, 0.29) is 0 Å². The van der Waals surface area contributed by atoms with Gasteiger partial charge in [0.1, 0.15) is 11.9 Å². The van der Waals surface area contributed by atoms with E-state index < -0.39 is 0 Å². The maximum Gasteiger partial charge on any atom is 0.133 e. The van der Waals surface area contributed by atoms with Gasteiger partial charge in [-0.15, -0.1) is 0 Å². The van der Waals surface area contributed by atoms with E-state index in [4.69, 9.17) is 5.10 Å². The topological polar surface area (TPSA) is 53.6 Å². The van der Waals surface area contributed by atoms with Gasteiger partial charge in [0.05, 0.1) is 16.9 Å². The quantitative estimate of drug-likeness (QED) is 0.755. The summed E-state index contributed by atoms with van der Waals surface area (Å²) >= 11 is 0. The zero-order valence-corrected chi connectivity index (χ0v) is 14.3. The van der Waals surface area contributed by atoms with Crippen molar-refractivity contribution in [3.8, 4) is 23.0 Å². The second-order valence-electron chi connectivity index (χ2n) is 6.47. The Morgan fingerprint density at radius 2 is 2.00 bits per heavy atom. The molecule has 0 bridgehead atoms. The van der Waals surface area contributed by atoms with E-state index in [1.165, 1.54) is 11.1 Å². The average molecular weight is 328 g/mol. The second kappa shape index (κ2) is 6.45. The van der Waals surface area contributed by atoms with Gasteiger partial charge in [0.15, 0.2) is 0 Å². The van der Waals surface area contributed by atoms with Crippen LogP contribution in [0, 0.1) is 18.3 Å². The zero-order chi connectivity index (χ0) is 17.2. The molecule has 0 saturated carbocycles. The van der Waals surface area contributed by atoms with Crippen molar-refractivity contribution in [2.24, 2.45) is 0 Å². The Morgan fingerprint density at radius 3 is 2.84 bits per heavy atom. The lowest BCUT2D eigenvalue weighted by molar-refractivity contribution is 0.780. The molecule has 0 spiro atoms. The standard InChI is InChI=1S/C21H20N4/c1-15-7-6-9-16(13-15)20-18-10-4-5-12-23-21(18)25(24-20)19-11-3-2-8-17(19)14-22/h2-3,6-9,11,13,23H,4-5,10,12H2,1H3. The van der Waals surface area contributed by atoms with Crippen molar-refractivity contribution in [2.75, 3.05) is 11.9 Å². The Hall–Kier alpha value is -3.06. The third-order valence-electron chi connectivity index (χ3n) is 4.67. The van der Waals surface area contributed by atoms with Gasteiger partial charge in [-0.25, -0.2) is 4.68 Å². The predicted molar refractivity (Wildman–Crippen MR) is 99.9 cm³/mol. The van der Waals surface area contributed by atoms with Crippen molar-refractivity contribution in [3.63, 3.8) is 0 Å². The van der Waals surface area contributed by atoms with Crippen LogP contribution in [-0.4, -0.2) is 16.3 Å². The number of benzene rings is 2. The van der Waals surface area contributed by atoms with E-state index in [1.54, 1.807) is 0 Å². The van der Waals surface area contributed by atoms with Gasteiger partial charge in [0.2, 0.25) is 0 Å². The summed E-state index contributed by atoms with van der Waals surface area (Å²) in [6, 6.07) is 18.4. The fourth-order valence-corrected chi connectivity index (χ4v) is 3.45. The van der Waals surface area contributed by atoms with Gasteiger partial charge in [0.25, 0.3) is 0 Å². The van der Waals surface area contributed by atoms with Crippen LogP contribution in [-0.2, 0) is 6.42 Å². The number of fused-ring (bicyclic) bond motifs is 1. The summed E-state index contributed by atoms with van der Waals surface area (Å²) in [4.78, 5) is 0. The second-order valence-corrected chi connectivity index (χ2v) is 6.47. The summed E-state index contributed by atoms with van der Waals surface area (Å²) in [6.45, 7) is 3.03. The minimum atomic E-state index is 0.634. The molecule has 2 aromatic carbocycles. The zero-order valence-electron chi connectivity index (χ0n) is 14.3. The van der Waals surface area contributed by atoms with Crippen molar-refractivity contribution in [2.45, 2.75) is 26.2 Å². The number of nitrogens with one attached hydrogen (secondary N) is 1. The van der Waals surface area contributed by atoms with Gasteiger partial charge in [-0.3, -0.25) is 0 Å². The first-order chi connectivity index (χ1) is 12.3. The fraction of sp³-hybridized carbons (Fsp3) is 0.238. The Bertz CT molecular complexity index is 962. The number of hydrogen-bond donors (Lipinski definition) is 1. The minimum Gasteiger partial charge on any atom is -0.370 e. The molecule has 2 heterocycles. The third kappa shape index (κ3) is 2.78. The highest BCUT2D eigenvalue weighted by Crippen LogP contribution is 2.34. The molecular weight excluding hydrogens is 308 g/mol. The highest BCUT2D eigenvalue weighted by molar-refractivity contribution is 5.72. The van der Waals surface area contributed by atoms with E-state index in [0.29, 0.717) is 5.56 Å². The Labute approximate surface area is 147 Å². The van der Waals surface area contributed by atoms with Crippen LogP contribution in [0.2, 0.25) is 0 Å². The minimum absolute atomic E-state index is 0.634. The number of aromatic nitrogens is 2. The van der Waals surface area contributed by atoms with Gasteiger partial charge in [-0.05, 0) is 44.4 Å². The molecule has 4 rings (SSSR count). The molecule has 25 heavy (non-hydrogen) atoms. The van der Waals surface area contributed by atoms with Gasteiger partial charge >= 0.3 is 0 Å². The molecular formula is C21H20N4. The highest BCUT2D eigenvalue weighted by Gasteiger charge is 2.22. The summed E-state index contributed by atoms with van der Waals surface area (Å²) in [6.07, 6.45) is 3.28. The smallest absolute Gasteiger partial charge is 0.133 e. The average Bonchev–Trinajstić information content (AvgIpc) is 2.82. The molecule has 0 radical (unpaired) electrons. The van der Waals surface area contributed by atoms with Crippen LogP contribution in [0.1, 0.15) is 29.5 Å². The van der Waals surface area contributed by atoms with Gasteiger partial charge in [-0.1, -0.05) is 35.9 Å². The third-order valence-corrected chi connectivity index (χ3v) is 4.67. The van der Waals surface area contributed by atoms with E-state index >= 15 is 0 Å². The van der Waals surface area contributed by atoms with E-state index in [9.17, 15) is 5.26 Å². The first-order valence-corrected chi connectivity index (χ1v) is 8.70. The van der Waals surface area contributed by atoms with Crippen molar-refractivity contribution in [1.82, 2.24) is 9.78 Å². The van der Waals surface area contributed by atoms with E-state index in [0.717, 1.165) is 48.6 Å². The number of para-hydroxylation sites is 1. The van der Waals surface area contributed by atoms with Crippen LogP contribution in [0.4, 0.5) is 5.82 Å². The molecule has 0 amide bonds. The number of aryl methyl sites for hydroxylation is 1. The van der Waals surface area contributed by atoms with Crippen LogP contribution in [0.25, 0.3) is 16.9 Å². The number of hydrogen-bond acceptors (Lipinski definition) is 3. The predicted octanol–water partition coefficient (Wildman–Crippen LogP) is 4.47. The molecule has 0 fully saturated rings. The van der Waals surface area contributed by atoms with Crippen molar-refractivity contribution in [3.05, 3.63) is 65.2 Å². The molecule has 0 aliphatic carbocycles. The lowest BCUT2D eigenvalue weighted by Gasteiger charge is -2.10. The highest BCUT2D eigenvalue weighted by atomic mass is 15.3. The van der Waals surface area contributed by atoms with Crippen LogP contribution < -0.4 is 5.32 Å². The van der Waals surface area contributed by atoms with Crippen molar-refractivity contribution >= 4 is 5.82 Å². The summed E-state index contributed by atoms with van der Waals surface area (Å²) in [5.74, 6) is 1.02. The van der Waals surface area contributed by atoms with E-state index in [2.05, 4.69) is 42.6 Å². The van der Waals surface area contributed by atoms with Crippen LogP contribution in [0.3, 0.4) is 0 Å². The van der Waals surface area contributed by atoms with Crippen molar-refractivity contribution < 1.29 is 0 Å². The molecule has 3 aromatic rings. The summed E-state index contributed by atoms with van der Waals surface area (Å²) in [7, 11) is 0. The van der Waals surface area contributed by atoms with Gasteiger partial charge in [-0.2, -0.15) is 10.4 Å². The molecule has 1 aliphatic rings. The van der Waals surface area contributed by atoms with Crippen LogP contribution in [0.5, 0.6) is 0 Å². The largest absolute Gasteiger partial charge is 0.370 e. The molecule has 0 atom stereocenters. The van der Waals surface area contributed by atoms with Gasteiger partial charge in [0, 0.05) is 17.7 Å². The maximum atomic E-state index is 9.49. The number of nitriles is 1. The first-order valence-electron chi connectivity index (χ1n) is 8.70. The van der Waals surface area contributed by atoms with Crippen molar-refractivity contribution in [1.29, 1.82) is 5.26 Å². The lowest BCUT2D eigenvalue weighted by atomic mass is 10.0. The first kappa shape index (κ1) is 15.5. The normalized spacial score (nSPS) is 13.4. The maximum absolute atomic E-state index is 9.49. The Balaban J connectivity index is 1.96. The number of rotatable bonds is 2. The molecule has 0 saturated heterocycles. The SMILES string of the molecule is Cc1cccc(-c2nn(-c3ccccc3C#N)c3c2CCCCN3)c1. The van der Waals surface area contributed by atoms with E-state index in [1.807, 2.05) is 28.9 Å². The van der Waals surface area contributed by atoms with Gasteiger partial charge < -0.3 is 5.32 Å². The molecule has 4 heteroatoms. The molecule has 124 valence electrons. The molecule has 0 unspecified atom stereocenters. The molecule has 1 aromatic heterocycles. The fourth-order valence-electron chi connectivity index (χ4n) is 3.45. The Kier molecular flexibility index (Phi) is 3.99. The molecule has 1 aliphatic heterocycles. The number of anilines is 1. The summed E-state index contributed by atoms with van der Waals surface area (Å²) < 4.78 is 1.91. The number of nitrogens with zero attached hydrogens (tertiary/aromatic N) is 3. The van der Waals surface area contributed by atoms with Crippen LogP contribution in [0.15, 0.2) is 48.5 Å². The monoisotopic (exact) mass is 328 g/mol.